The highest BCUT2D eigenvalue weighted by atomic mass is 16.6. The summed E-state index contributed by atoms with van der Waals surface area (Å²) in [7, 11) is 1.76. The Morgan fingerprint density at radius 1 is 1.56 bits per heavy atom. The number of allylic oxidation sites excluding steroid dienone is 2. The first kappa shape index (κ1) is 12.8. The van der Waals surface area contributed by atoms with Crippen LogP contribution in [0.1, 0.15) is 32.1 Å². The summed E-state index contributed by atoms with van der Waals surface area (Å²) in [6, 6.07) is 0. The Labute approximate surface area is 106 Å². The number of amides is 1. The first-order valence-electron chi connectivity index (χ1n) is 6.26. The monoisotopic (exact) mass is 250 g/mol. The number of likely N-dealkylation sites (tertiary alicyclic amines) is 1. The molecule has 0 aromatic heterocycles. The van der Waals surface area contributed by atoms with Crippen LogP contribution < -0.4 is 0 Å². The van der Waals surface area contributed by atoms with Crippen LogP contribution >= 0.6 is 0 Å². The van der Waals surface area contributed by atoms with Gasteiger partial charge in [-0.1, -0.05) is 6.08 Å². The fourth-order valence-electron chi connectivity index (χ4n) is 3.22. The zero-order valence-electron chi connectivity index (χ0n) is 10.6. The Balaban J connectivity index is 2.49. The van der Waals surface area contributed by atoms with Crippen LogP contribution in [0, 0.1) is 15.5 Å². The average molecular weight is 250 g/mol. The molecule has 18 heavy (non-hydrogen) atoms. The zero-order valence-corrected chi connectivity index (χ0v) is 10.6. The van der Waals surface area contributed by atoms with Gasteiger partial charge in [0, 0.05) is 25.6 Å². The third kappa shape index (κ3) is 1.74. The number of rotatable bonds is 4. The summed E-state index contributed by atoms with van der Waals surface area (Å²) in [5, 5.41) is 11.1. The van der Waals surface area contributed by atoms with Crippen LogP contribution in [-0.4, -0.2) is 29.3 Å². The number of hydrogen-bond donors (Lipinski definition) is 0. The fraction of sp³-hybridized carbons (Fsp3) is 0.615. The molecule has 1 saturated heterocycles. The lowest BCUT2D eigenvalue weighted by Gasteiger charge is -2.26. The van der Waals surface area contributed by atoms with Gasteiger partial charge >= 0.3 is 0 Å². The van der Waals surface area contributed by atoms with E-state index in [1.54, 1.807) is 18.0 Å². The van der Waals surface area contributed by atoms with E-state index in [4.69, 9.17) is 0 Å². The van der Waals surface area contributed by atoms with Crippen LogP contribution in [0.3, 0.4) is 0 Å². The van der Waals surface area contributed by atoms with E-state index in [1.807, 2.05) is 0 Å². The van der Waals surface area contributed by atoms with Crippen LogP contribution in [0.4, 0.5) is 0 Å². The van der Waals surface area contributed by atoms with Crippen LogP contribution in [0.5, 0.6) is 0 Å². The molecule has 0 saturated carbocycles. The summed E-state index contributed by atoms with van der Waals surface area (Å²) in [6.45, 7) is 4.37. The van der Waals surface area contributed by atoms with Crippen molar-refractivity contribution in [3.63, 3.8) is 0 Å². The Morgan fingerprint density at radius 3 is 2.78 bits per heavy atom. The highest BCUT2D eigenvalue weighted by Crippen LogP contribution is 2.48. The lowest BCUT2D eigenvalue weighted by molar-refractivity contribution is -0.428. The van der Waals surface area contributed by atoms with Gasteiger partial charge in [0.2, 0.25) is 11.6 Å². The summed E-state index contributed by atoms with van der Waals surface area (Å²) in [4.78, 5) is 24.9. The maximum Gasteiger partial charge on any atom is 0.246 e. The maximum absolute atomic E-state index is 12.4. The Hall–Kier alpha value is -1.65. The molecule has 0 N–H and O–H groups in total. The van der Waals surface area contributed by atoms with Gasteiger partial charge in [0.05, 0.1) is 10.3 Å². The van der Waals surface area contributed by atoms with Crippen molar-refractivity contribution in [2.45, 2.75) is 32.1 Å². The minimum Gasteiger partial charge on any atom is -0.345 e. The second-order valence-corrected chi connectivity index (χ2v) is 5.09. The van der Waals surface area contributed by atoms with E-state index in [0.717, 1.165) is 12.0 Å². The molecule has 2 rings (SSSR count). The van der Waals surface area contributed by atoms with E-state index in [1.165, 1.54) is 0 Å². The smallest absolute Gasteiger partial charge is 0.246 e. The highest BCUT2D eigenvalue weighted by Gasteiger charge is 2.51. The minimum absolute atomic E-state index is 0.0126. The fourth-order valence-corrected chi connectivity index (χ4v) is 3.22. The largest absolute Gasteiger partial charge is 0.345 e. The molecule has 5 heteroatoms. The van der Waals surface area contributed by atoms with Gasteiger partial charge in [-0.3, -0.25) is 14.9 Å². The van der Waals surface area contributed by atoms with Crippen molar-refractivity contribution in [2.24, 2.45) is 5.41 Å². The first-order chi connectivity index (χ1) is 8.53. The van der Waals surface area contributed by atoms with Crippen molar-refractivity contribution >= 4 is 5.91 Å². The summed E-state index contributed by atoms with van der Waals surface area (Å²) < 4.78 is 0. The van der Waals surface area contributed by atoms with Gasteiger partial charge < -0.3 is 4.90 Å². The number of carbonyl (C=O) groups is 1. The molecule has 1 aliphatic heterocycles. The van der Waals surface area contributed by atoms with E-state index in [2.05, 4.69) is 6.58 Å². The molecular formula is C13H18N2O3. The molecule has 1 unspecified atom stereocenters. The molecule has 1 aliphatic carbocycles. The predicted molar refractivity (Wildman–Crippen MR) is 67.4 cm³/mol. The van der Waals surface area contributed by atoms with E-state index < -0.39 is 5.41 Å². The molecule has 0 aromatic rings. The molecule has 0 bridgehead atoms. The first-order valence-corrected chi connectivity index (χ1v) is 6.26. The normalized spacial score (nSPS) is 28.1. The van der Waals surface area contributed by atoms with E-state index in [0.29, 0.717) is 32.2 Å². The van der Waals surface area contributed by atoms with Gasteiger partial charge in [0.1, 0.15) is 0 Å². The second kappa shape index (κ2) is 4.55. The number of hydrogen-bond acceptors (Lipinski definition) is 3. The molecule has 5 nitrogen and oxygen atoms in total. The predicted octanol–water partition coefficient (Wildman–Crippen LogP) is 2.13. The van der Waals surface area contributed by atoms with Crippen molar-refractivity contribution in [1.82, 2.24) is 4.90 Å². The zero-order chi connectivity index (χ0) is 13.3. The summed E-state index contributed by atoms with van der Waals surface area (Å²) in [5.41, 5.74) is 0.331. The Bertz CT molecular complexity index is 442. The summed E-state index contributed by atoms with van der Waals surface area (Å²) >= 11 is 0. The second-order valence-electron chi connectivity index (χ2n) is 5.09. The summed E-state index contributed by atoms with van der Waals surface area (Å²) in [5.74, 6) is 0.0126. The Morgan fingerprint density at radius 2 is 2.28 bits per heavy atom. The molecule has 0 radical (unpaired) electrons. The van der Waals surface area contributed by atoms with Gasteiger partial charge in [-0.15, -0.1) is 6.58 Å². The highest BCUT2D eigenvalue weighted by molar-refractivity contribution is 5.88. The molecule has 1 fully saturated rings. The molecule has 1 atom stereocenters. The van der Waals surface area contributed by atoms with Crippen molar-refractivity contribution in [2.75, 3.05) is 13.6 Å². The van der Waals surface area contributed by atoms with Gasteiger partial charge in [0.15, 0.2) is 0 Å². The topological polar surface area (TPSA) is 63.5 Å². The summed E-state index contributed by atoms with van der Waals surface area (Å²) in [6.07, 6.45) is 4.81. The number of nitro groups is 1. The molecule has 1 heterocycles. The lowest BCUT2D eigenvalue weighted by Crippen LogP contribution is -2.34. The quantitative estimate of drug-likeness (QED) is 0.436. The van der Waals surface area contributed by atoms with Crippen molar-refractivity contribution in [1.29, 1.82) is 0 Å². The SMILES string of the molecule is C=CCC1(C2=C([N+](=O)[O-])CCC2)CCN(C)C1=O. The molecule has 0 spiro atoms. The molecule has 98 valence electrons. The maximum atomic E-state index is 12.4. The molecule has 2 aliphatic rings. The van der Waals surface area contributed by atoms with E-state index in [9.17, 15) is 14.9 Å². The van der Waals surface area contributed by atoms with E-state index in [-0.39, 0.29) is 16.5 Å². The van der Waals surface area contributed by atoms with Gasteiger partial charge in [-0.2, -0.15) is 0 Å². The Kier molecular flexibility index (Phi) is 3.24. The van der Waals surface area contributed by atoms with Crippen molar-refractivity contribution in [3.8, 4) is 0 Å². The van der Waals surface area contributed by atoms with Crippen LogP contribution in [0.25, 0.3) is 0 Å². The molecule has 0 aromatic carbocycles. The molecular weight excluding hydrogens is 232 g/mol. The van der Waals surface area contributed by atoms with Gasteiger partial charge in [-0.25, -0.2) is 0 Å². The standard InChI is InChI=1S/C13H18N2O3/c1-3-7-13(8-9-14(2)12(13)16)10-5-4-6-11(10)15(17)18/h3H,1,4-9H2,2H3. The lowest BCUT2D eigenvalue weighted by atomic mass is 9.75. The third-order valence-electron chi connectivity index (χ3n) is 4.11. The van der Waals surface area contributed by atoms with Crippen LogP contribution in [0.2, 0.25) is 0 Å². The number of carbonyl (C=O) groups excluding carboxylic acids is 1. The van der Waals surface area contributed by atoms with Crippen LogP contribution in [0.15, 0.2) is 23.9 Å². The average Bonchev–Trinajstić information content (AvgIpc) is 2.91. The minimum atomic E-state index is -0.685. The van der Waals surface area contributed by atoms with Crippen molar-refractivity contribution in [3.05, 3.63) is 34.0 Å². The molecule has 1 amide bonds. The van der Waals surface area contributed by atoms with Crippen LogP contribution in [-0.2, 0) is 4.79 Å². The van der Waals surface area contributed by atoms with E-state index >= 15 is 0 Å². The van der Waals surface area contributed by atoms with Gasteiger partial charge in [0.25, 0.3) is 0 Å². The van der Waals surface area contributed by atoms with Gasteiger partial charge in [-0.05, 0) is 25.7 Å². The number of nitrogens with zero attached hydrogens (tertiary/aromatic N) is 2. The van der Waals surface area contributed by atoms with Crippen molar-refractivity contribution < 1.29 is 9.72 Å². The third-order valence-corrected chi connectivity index (χ3v) is 4.11.